The predicted molar refractivity (Wildman–Crippen MR) is 48.1 cm³/mol. The third-order valence-corrected chi connectivity index (χ3v) is 2.95. The second kappa shape index (κ2) is 3.73. The average molecular weight is 170 g/mol. The topological polar surface area (TPSA) is 35.5 Å². The van der Waals surface area contributed by atoms with Crippen molar-refractivity contribution in [2.45, 2.75) is 31.3 Å². The van der Waals surface area contributed by atoms with E-state index in [-0.39, 0.29) is 0 Å². The largest absolute Gasteiger partial charge is 0.395 e. The first-order valence-electron chi connectivity index (χ1n) is 4.98. The summed E-state index contributed by atoms with van der Waals surface area (Å²) < 4.78 is 0. The van der Waals surface area contributed by atoms with Gasteiger partial charge < -0.3 is 10.4 Å². The van der Waals surface area contributed by atoms with Crippen molar-refractivity contribution < 1.29 is 5.11 Å². The number of piperazine rings is 1. The SMILES string of the molecule is OCCN1CC2CCCC(C1)N2. The van der Waals surface area contributed by atoms with Crippen molar-refractivity contribution in [3.8, 4) is 0 Å². The predicted octanol–water partition coefficient (Wildman–Crippen LogP) is -0.195. The number of β-amino-alcohol motifs (C(OH)–C–C–N with tert-alkyl or cyclic N) is 1. The average Bonchev–Trinajstić information content (AvgIpc) is 2.04. The minimum atomic E-state index is 0.305. The molecule has 2 N–H and O–H groups in total. The summed E-state index contributed by atoms with van der Waals surface area (Å²) in [5.74, 6) is 0. The van der Waals surface area contributed by atoms with Gasteiger partial charge >= 0.3 is 0 Å². The Morgan fingerprint density at radius 1 is 1.25 bits per heavy atom. The van der Waals surface area contributed by atoms with E-state index < -0.39 is 0 Å². The Balaban J connectivity index is 1.87. The molecule has 2 atom stereocenters. The van der Waals surface area contributed by atoms with E-state index in [4.69, 9.17) is 5.11 Å². The lowest BCUT2D eigenvalue weighted by Crippen LogP contribution is -2.58. The molecule has 2 aliphatic rings. The Morgan fingerprint density at radius 2 is 1.92 bits per heavy atom. The Kier molecular flexibility index (Phi) is 2.63. The van der Waals surface area contributed by atoms with Crippen molar-refractivity contribution in [1.82, 2.24) is 10.2 Å². The van der Waals surface area contributed by atoms with Gasteiger partial charge in [0.15, 0.2) is 0 Å². The summed E-state index contributed by atoms with van der Waals surface area (Å²) in [6, 6.07) is 1.40. The molecule has 12 heavy (non-hydrogen) atoms. The van der Waals surface area contributed by atoms with Gasteiger partial charge in [0.2, 0.25) is 0 Å². The van der Waals surface area contributed by atoms with Crippen LogP contribution in [0.1, 0.15) is 19.3 Å². The third kappa shape index (κ3) is 1.79. The quantitative estimate of drug-likeness (QED) is 0.603. The van der Waals surface area contributed by atoms with E-state index in [9.17, 15) is 0 Å². The molecule has 70 valence electrons. The third-order valence-electron chi connectivity index (χ3n) is 2.95. The van der Waals surface area contributed by atoms with Crippen LogP contribution in [0, 0.1) is 0 Å². The van der Waals surface area contributed by atoms with Crippen LogP contribution >= 0.6 is 0 Å². The maximum atomic E-state index is 8.82. The van der Waals surface area contributed by atoms with Gasteiger partial charge in [0.25, 0.3) is 0 Å². The van der Waals surface area contributed by atoms with Crippen molar-refractivity contribution in [2.75, 3.05) is 26.2 Å². The van der Waals surface area contributed by atoms with Crippen LogP contribution in [0.3, 0.4) is 0 Å². The Labute approximate surface area is 73.8 Å². The van der Waals surface area contributed by atoms with E-state index in [1.165, 1.54) is 19.3 Å². The summed E-state index contributed by atoms with van der Waals surface area (Å²) in [6.45, 7) is 3.43. The van der Waals surface area contributed by atoms with Crippen LogP contribution in [-0.2, 0) is 0 Å². The van der Waals surface area contributed by atoms with Gasteiger partial charge in [-0.2, -0.15) is 0 Å². The number of nitrogens with one attached hydrogen (secondary N) is 1. The molecule has 2 aliphatic heterocycles. The molecule has 0 amide bonds. The molecule has 0 radical (unpaired) electrons. The lowest BCUT2D eigenvalue weighted by Gasteiger charge is -2.42. The molecular formula is C9H18N2O. The fourth-order valence-corrected chi connectivity index (χ4v) is 2.42. The molecule has 3 nitrogen and oxygen atoms in total. The first-order valence-corrected chi connectivity index (χ1v) is 4.98. The number of likely N-dealkylation sites (tertiary alicyclic amines) is 1. The Bertz CT molecular complexity index is 139. The molecule has 0 aromatic heterocycles. The van der Waals surface area contributed by atoms with Crippen LogP contribution < -0.4 is 5.32 Å². The number of hydrogen-bond acceptors (Lipinski definition) is 3. The second-order valence-corrected chi connectivity index (χ2v) is 3.97. The number of rotatable bonds is 2. The summed E-state index contributed by atoms with van der Waals surface area (Å²) in [5.41, 5.74) is 0. The van der Waals surface area contributed by atoms with Crippen LogP contribution in [0.4, 0.5) is 0 Å². The second-order valence-electron chi connectivity index (χ2n) is 3.97. The summed E-state index contributed by atoms with van der Waals surface area (Å²) in [5, 5.41) is 12.4. The van der Waals surface area contributed by atoms with Gasteiger partial charge in [-0.1, -0.05) is 6.42 Å². The lowest BCUT2D eigenvalue weighted by molar-refractivity contribution is 0.105. The minimum absolute atomic E-state index is 0.305. The summed E-state index contributed by atoms with van der Waals surface area (Å²) in [6.07, 6.45) is 4.02. The Morgan fingerprint density at radius 3 is 2.50 bits per heavy atom. The van der Waals surface area contributed by atoms with Crippen LogP contribution in [-0.4, -0.2) is 48.3 Å². The van der Waals surface area contributed by atoms with Crippen molar-refractivity contribution in [3.05, 3.63) is 0 Å². The van der Waals surface area contributed by atoms with Crippen LogP contribution in [0.5, 0.6) is 0 Å². The van der Waals surface area contributed by atoms with Gasteiger partial charge in [0.05, 0.1) is 6.61 Å². The normalized spacial score (nSPS) is 36.8. The van der Waals surface area contributed by atoms with Crippen molar-refractivity contribution >= 4 is 0 Å². The van der Waals surface area contributed by atoms with E-state index in [0.717, 1.165) is 19.6 Å². The molecule has 0 aromatic carbocycles. The van der Waals surface area contributed by atoms with Crippen molar-refractivity contribution in [2.24, 2.45) is 0 Å². The summed E-state index contributed by atoms with van der Waals surface area (Å²) >= 11 is 0. The molecule has 0 aromatic rings. The zero-order chi connectivity index (χ0) is 8.39. The van der Waals surface area contributed by atoms with Gasteiger partial charge in [-0.25, -0.2) is 0 Å². The zero-order valence-electron chi connectivity index (χ0n) is 7.50. The number of fused-ring (bicyclic) bond motifs is 2. The number of piperidine rings is 1. The molecule has 2 bridgehead atoms. The van der Waals surface area contributed by atoms with Gasteiger partial charge in [0, 0.05) is 31.7 Å². The molecule has 0 spiro atoms. The summed E-state index contributed by atoms with van der Waals surface area (Å²) in [4.78, 5) is 2.38. The van der Waals surface area contributed by atoms with Crippen LogP contribution in [0.2, 0.25) is 0 Å². The number of nitrogens with zero attached hydrogens (tertiary/aromatic N) is 1. The van der Waals surface area contributed by atoms with E-state index in [0.29, 0.717) is 18.7 Å². The maximum Gasteiger partial charge on any atom is 0.0558 e. The smallest absolute Gasteiger partial charge is 0.0558 e. The van der Waals surface area contributed by atoms with Crippen LogP contribution in [0.25, 0.3) is 0 Å². The van der Waals surface area contributed by atoms with Gasteiger partial charge in [-0.05, 0) is 12.8 Å². The fourth-order valence-electron chi connectivity index (χ4n) is 2.42. The first kappa shape index (κ1) is 8.48. The lowest BCUT2D eigenvalue weighted by atomic mass is 9.94. The molecule has 2 heterocycles. The standard InChI is InChI=1S/C9H18N2O/c12-5-4-11-6-8-2-1-3-9(7-11)10-8/h8-10,12H,1-7H2. The number of aliphatic hydroxyl groups excluding tert-OH is 1. The van der Waals surface area contributed by atoms with E-state index in [1.807, 2.05) is 0 Å². The Hall–Kier alpha value is -0.120. The highest BCUT2D eigenvalue weighted by atomic mass is 16.3. The maximum absolute atomic E-state index is 8.82. The van der Waals surface area contributed by atoms with Crippen LogP contribution in [0.15, 0.2) is 0 Å². The number of aliphatic hydroxyl groups is 1. The van der Waals surface area contributed by atoms with Gasteiger partial charge in [-0.15, -0.1) is 0 Å². The first-order chi connectivity index (χ1) is 5.88. The highest BCUT2D eigenvalue weighted by Crippen LogP contribution is 2.18. The van der Waals surface area contributed by atoms with Crippen molar-refractivity contribution in [3.63, 3.8) is 0 Å². The van der Waals surface area contributed by atoms with Gasteiger partial charge in [0.1, 0.15) is 0 Å². The van der Waals surface area contributed by atoms with E-state index in [1.54, 1.807) is 0 Å². The van der Waals surface area contributed by atoms with E-state index in [2.05, 4.69) is 10.2 Å². The molecule has 2 unspecified atom stereocenters. The molecule has 2 rings (SSSR count). The monoisotopic (exact) mass is 170 g/mol. The molecular weight excluding hydrogens is 152 g/mol. The number of hydrogen-bond donors (Lipinski definition) is 2. The molecule has 0 aliphatic carbocycles. The molecule has 0 saturated carbocycles. The summed E-state index contributed by atoms with van der Waals surface area (Å²) in [7, 11) is 0. The fraction of sp³-hybridized carbons (Fsp3) is 1.00. The highest BCUT2D eigenvalue weighted by Gasteiger charge is 2.28. The van der Waals surface area contributed by atoms with Crippen molar-refractivity contribution in [1.29, 1.82) is 0 Å². The minimum Gasteiger partial charge on any atom is -0.395 e. The molecule has 2 fully saturated rings. The van der Waals surface area contributed by atoms with Gasteiger partial charge in [-0.3, -0.25) is 4.90 Å². The molecule has 2 saturated heterocycles. The highest BCUT2D eigenvalue weighted by molar-refractivity contribution is 4.89. The molecule has 3 heteroatoms. The zero-order valence-corrected chi connectivity index (χ0v) is 7.50. The van der Waals surface area contributed by atoms with E-state index >= 15 is 0 Å².